The highest BCUT2D eigenvalue weighted by atomic mass is 32.2. The maximum absolute atomic E-state index is 12.1. The molecular formula is C17H19NO5S. The molecule has 128 valence electrons. The van der Waals surface area contributed by atoms with Crippen molar-refractivity contribution in [2.24, 2.45) is 0 Å². The van der Waals surface area contributed by atoms with Gasteiger partial charge in [0.15, 0.2) is 0 Å². The van der Waals surface area contributed by atoms with Crippen LogP contribution in [-0.4, -0.2) is 32.6 Å². The van der Waals surface area contributed by atoms with Crippen LogP contribution in [0.2, 0.25) is 0 Å². The van der Waals surface area contributed by atoms with Crippen LogP contribution in [0.1, 0.15) is 22.8 Å². The number of aromatic hydroxyl groups is 1. The van der Waals surface area contributed by atoms with Crippen molar-refractivity contribution in [1.82, 2.24) is 4.72 Å². The number of ether oxygens (including phenoxy) is 1. The standard InChI is InChI=1S/C17H19NO5S/c1-2-13-3-9-16(10-4-13)24(21,22)18-11-12-23-17(20)14-5-7-15(19)8-6-14/h3-10,18-19H,2,11-12H2,1H3. The second-order valence-electron chi connectivity index (χ2n) is 5.08. The monoisotopic (exact) mass is 349 g/mol. The van der Waals surface area contributed by atoms with Crippen molar-refractivity contribution >= 4 is 16.0 Å². The van der Waals surface area contributed by atoms with Crippen molar-refractivity contribution in [3.63, 3.8) is 0 Å². The fraction of sp³-hybridized carbons (Fsp3) is 0.235. The lowest BCUT2D eigenvalue weighted by Gasteiger charge is -2.08. The van der Waals surface area contributed by atoms with Gasteiger partial charge in [0.1, 0.15) is 12.4 Å². The van der Waals surface area contributed by atoms with Gasteiger partial charge in [0, 0.05) is 6.54 Å². The molecule has 0 spiro atoms. The number of phenols is 1. The zero-order valence-corrected chi connectivity index (χ0v) is 14.0. The molecule has 0 bridgehead atoms. The predicted molar refractivity (Wildman–Crippen MR) is 89.4 cm³/mol. The van der Waals surface area contributed by atoms with E-state index in [4.69, 9.17) is 9.84 Å². The van der Waals surface area contributed by atoms with E-state index in [-0.39, 0.29) is 29.4 Å². The van der Waals surface area contributed by atoms with Crippen LogP contribution in [0.25, 0.3) is 0 Å². The summed E-state index contributed by atoms with van der Waals surface area (Å²) in [6.07, 6.45) is 0.834. The fourth-order valence-electron chi connectivity index (χ4n) is 1.99. The lowest BCUT2D eigenvalue weighted by Crippen LogP contribution is -2.28. The molecule has 2 rings (SSSR count). The molecule has 0 radical (unpaired) electrons. The molecule has 0 aliphatic carbocycles. The summed E-state index contributed by atoms with van der Waals surface area (Å²) in [5.74, 6) is -0.533. The molecule has 2 aromatic carbocycles. The molecule has 24 heavy (non-hydrogen) atoms. The zero-order valence-electron chi connectivity index (χ0n) is 13.2. The highest BCUT2D eigenvalue weighted by Gasteiger charge is 2.14. The third kappa shape index (κ3) is 4.81. The van der Waals surface area contributed by atoms with Gasteiger partial charge in [0.2, 0.25) is 10.0 Å². The van der Waals surface area contributed by atoms with E-state index >= 15 is 0 Å². The molecule has 0 saturated carbocycles. The Hall–Kier alpha value is -2.38. The number of esters is 1. The molecule has 2 N–H and O–H groups in total. The molecule has 0 aliphatic rings. The molecule has 0 aromatic heterocycles. The molecule has 0 amide bonds. The van der Waals surface area contributed by atoms with Gasteiger partial charge in [0.05, 0.1) is 10.5 Å². The Morgan fingerprint density at radius 2 is 1.71 bits per heavy atom. The van der Waals surface area contributed by atoms with Crippen molar-refractivity contribution in [2.45, 2.75) is 18.2 Å². The number of nitrogens with one attached hydrogen (secondary N) is 1. The Morgan fingerprint density at radius 3 is 2.29 bits per heavy atom. The number of carbonyl (C=O) groups excluding carboxylic acids is 1. The van der Waals surface area contributed by atoms with Gasteiger partial charge in [-0.25, -0.2) is 17.9 Å². The maximum atomic E-state index is 12.1. The van der Waals surface area contributed by atoms with Crippen LogP contribution >= 0.6 is 0 Å². The number of aryl methyl sites for hydroxylation is 1. The SMILES string of the molecule is CCc1ccc(S(=O)(=O)NCCOC(=O)c2ccc(O)cc2)cc1. The van der Waals surface area contributed by atoms with Gasteiger partial charge in [-0.3, -0.25) is 0 Å². The summed E-state index contributed by atoms with van der Waals surface area (Å²) < 4.78 is 31.6. The smallest absolute Gasteiger partial charge is 0.338 e. The Morgan fingerprint density at radius 1 is 1.08 bits per heavy atom. The summed E-state index contributed by atoms with van der Waals surface area (Å²) in [5.41, 5.74) is 1.34. The first-order valence-corrected chi connectivity index (χ1v) is 8.95. The average molecular weight is 349 g/mol. The fourth-order valence-corrected chi connectivity index (χ4v) is 3.00. The second kappa shape index (κ2) is 7.94. The third-order valence-electron chi connectivity index (χ3n) is 3.37. The summed E-state index contributed by atoms with van der Waals surface area (Å²) in [6, 6.07) is 12.2. The number of rotatable bonds is 7. The Balaban J connectivity index is 1.84. The van der Waals surface area contributed by atoms with Gasteiger partial charge in [-0.15, -0.1) is 0 Å². The van der Waals surface area contributed by atoms with Crippen molar-refractivity contribution in [2.75, 3.05) is 13.2 Å². The molecule has 0 unspecified atom stereocenters. The predicted octanol–water partition coefficient (Wildman–Crippen LogP) is 2.09. The first-order chi connectivity index (χ1) is 11.4. The average Bonchev–Trinajstić information content (AvgIpc) is 2.59. The molecule has 0 fully saturated rings. The zero-order chi connectivity index (χ0) is 17.6. The van der Waals surface area contributed by atoms with Crippen LogP contribution in [0.5, 0.6) is 5.75 Å². The summed E-state index contributed by atoms with van der Waals surface area (Å²) in [7, 11) is -3.63. The Bertz CT molecular complexity index is 783. The van der Waals surface area contributed by atoms with Crippen LogP contribution in [0.15, 0.2) is 53.4 Å². The van der Waals surface area contributed by atoms with Gasteiger partial charge in [-0.2, -0.15) is 0 Å². The van der Waals surface area contributed by atoms with E-state index in [1.807, 2.05) is 6.92 Å². The van der Waals surface area contributed by atoms with E-state index in [2.05, 4.69) is 4.72 Å². The lowest BCUT2D eigenvalue weighted by molar-refractivity contribution is 0.0513. The number of hydrogen-bond acceptors (Lipinski definition) is 5. The van der Waals surface area contributed by atoms with Gasteiger partial charge in [-0.05, 0) is 48.4 Å². The van der Waals surface area contributed by atoms with Gasteiger partial charge in [0.25, 0.3) is 0 Å². The number of sulfonamides is 1. The number of carbonyl (C=O) groups is 1. The minimum Gasteiger partial charge on any atom is -0.508 e. The second-order valence-corrected chi connectivity index (χ2v) is 6.85. The highest BCUT2D eigenvalue weighted by molar-refractivity contribution is 7.89. The van der Waals surface area contributed by atoms with Gasteiger partial charge < -0.3 is 9.84 Å². The summed E-state index contributed by atoms with van der Waals surface area (Å²) in [5, 5.41) is 9.15. The van der Waals surface area contributed by atoms with Gasteiger partial charge in [-0.1, -0.05) is 19.1 Å². The molecule has 0 heterocycles. The minimum atomic E-state index is -3.63. The first-order valence-electron chi connectivity index (χ1n) is 7.47. The quantitative estimate of drug-likeness (QED) is 0.590. The molecule has 7 heteroatoms. The van der Waals surface area contributed by atoms with Gasteiger partial charge >= 0.3 is 5.97 Å². The first kappa shape index (κ1) is 18.0. The maximum Gasteiger partial charge on any atom is 0.338 e. The van der Waals surface area contributed by atoms with E-state index in [0.29, 0.717) is 0 Å². The molecule has 6 nitrogen and oxygen atoms in total. The summed E-state index contributed by atoms with van der Waals surface area (Å²) in [4.78, 5) is 11.9. The third-order valence-corrected chi connectivity index (χ3v) is 4.85. The molecule has 0 aliphatic heterocycles. The topological polar surface area (TPSA) is 92.7 Å². The number of phenolic OH excluding ortho intramolecular Hbond substituents is 1. The van der Waals surface area contributed by atoms with Crippen molar-refractivity contribution < 1.29 is 23.1 Å². The van der Waals surface area contributed by atoms with Crippen molar-refractivity contribution in [3.8, 4) is 5.75 Å². The van der Waals surface area contributed by atoms with Crippen LogP contribution in [0.3, 0.4) is 0 Å². The molecule has 0 atom stereocenters. The Labute approximate surface area is 141 Å². The molecule has 0 saturated heterocycles. The van der Waals surface area contributed by atoms with Crippen LogP contribution in [0, 0.1) is 0 Å². The van der Waals surface area contributed by atoms with Crippen molar-refractivity contribution in [3.05, 3.63) is 59.7 Å². The normalized spacial score (nSPS) is 11.2. The van der Waals surface area contributed by atoms with Crippen LogP contribution < -0.4 is 4.72 Å². The van der Waals surface area contributed by atoms with E-state index in [1.54, 1.807) is 24.3 Å². The van der Waals surface area contributed by atoms with E-state index in [9.17, 15) is 13.2 Å². The van der Waals surface area contributed by atoms with Crippen LogP contribution in [0.4, 0.5) is 0 Å². The highest BCUT2D eigenvalue weighted by Crippen LogP contribution is 2.11. The van der Waals surface area contributed by atoms with Crippen LogP contribution in [-0.2, 0) is 21.2 Å². The molecule has 2 aromatic rings. The number of benzene rings is 2. The van der Waals surface area contributed by atoms with Crippen molar-refractivity contribution in [1.29, 1.82) is 0 Å². The van der Waals surface area contributed by atoms with E-state index < -0.39 is 16.0 Å². The molecular weight excluding hydrogens is 330 g/mol. The summed E-state index contributed by atoms with van der Waals surface area (Å²) >= 11 is 0. The van der Waals surface area contributed by atoms with E-state index in [1.165, 1.54) is 24.3 Å². The number of hydrogen-bond donors (Lipinski definition) is 2. The largest absolute Gasteiger partial charge is 0.508 e. The minimum absolute atomic E-state index is 0.0261. The van der Waals surface area contributed by atoms with E-state index in [0.717, 1.165) is 12.0 Å². The summed E-state index contributed by atoms with van der Waals surface area (Å²) in [6.45, 7) is 1.87. The lowest BCUT2D eigenvalue weighted by atomic mass is 10.2. The Kier molecular flexibility index (Phi) is 5.94.